The summed E-state index contributed by atoms with van der Waals surface area (Å²) in [7, 11) is 0. The summed E-state index contributed by atoms with van der Waals surface area (Å²) in [6.07, 6.45) is 1.68. The van der Waals surface area contributed by atoms with Crippen LogP contribution >= 0.6 is 0 Å². The molecule has 3 nitrogen and oxygen atoms in total. The molecule has 0 spiro atoms. The molecule has 1 aromatic heterocycles. The van der Waals surface area contributed by atoms with Crippen molar-refractivity contribution in [2.45, 2.75) is 20.4 Å². The average molecular weight is 202 g/mol. The Morgan fingerprint density at radius 2 is 2.13 bits per heavy atom. The molecule has 0 atom stereocenters. The van der Waals surface area contributed by atoms with Gasteiger partial charge in [-0.05, 0) is 19.4 Å². The van der Waals surface area contributed by atoms with Crippen LogP contribution in [0, 0.1) is 13.8 Å². The Labute approximate surface area is 88.9 Å². The van der Waals surface area contributed by atoms with Gasteiger partial charge in [-0.1, -0.05) is 28.9 Å². The minimum Gasteiger partial charge on any atom is -0.356 e. The maximum atomic E-state index is 5.61. The molecular formula is C12H14N2O. The molecule has 0 bridgehead atoms. The number of aromatic nitrogens is 1. The molecule has 0 saturated carbocycles. The molecule has 15 heavy (non-hydrogen) atoms. The van der Waals surface area contributed by atoms with Crippen LogP contribution in [0.3, 0.4) is 0 Å². The fourth-order valence-electron chi connectivity index (χ4n) is 1.70. The Morgan fingerprint density at radius 1 is 1.33 bits per heavy atom. The van der Waals surface area contributed by atoms with E-state index in [9.17, 15) is 0 Å². The van der Waals surface area contributed by atoms with Gasteiger partial charge in [0.1, 0.15) is 0 Å². The van der Waals surface area contributed by atoms with Gasteiger partial charge < -0.3 is 10.3 Å². The molecule has 1 aromatic carbocycles. The van der Waals surface area contributed by atoms with Crippen molar-refractivity contribution >= 4 is 0 Å². The molecule has 2 rings (SSSR count). The minimum atomic E-state index is 0.451. The van der Waals surface area contributed by atoms with Gasteiger partial charge in [0, 0.05) is 17.7 Å². The maximum Gasteiger partial charge on any atom is 0.171 e. The lowest BCUT2D eigenvalue weighted by atomic mass is 10.0. The fourth-order valence-corrected chi connectivity index (χ4v) is 1.70. The lowest BCUT2D eigenvalue weighted by Crippen LogP contribution is -1.96. The Bertz CT molecular complexity index is 474. The Morgan fingerprint density at radius 3 is 2.80 bits per heavy atom. The smallest absolute Gasteiger partial charge is 0.171 e. The van der Waals surface area contributed by atoms with E-state index in [4.69, 9.17) is 10.3 Å². The highest BCUT2D eigenvalue weighted by Crippen LogP contribution is 2.26. The standard InChI is InChI=1S/C12H14N2O/c1-8-3-4-11(9(2)5-8)12-10(6-13)7-14-15-12/h3-5,7H,6,13H2,1-2H3. The Hall–Kier alpha value is -1.61. The molecule has 0 unspecified atom stereocenters. The SMILES string of the molecule is Cc1ccc(-c2oncc2CN)c(C)c1. The lowest BCUT2D eigenvalue weighted by molar-refractivity contribution is 0.431. The number of hydrogen-bond donors (Lipinski definition) is 1. The van der Waals surface area contributed by atoms with Crippen molar-refractivity contribution in [3.63, 3.8) is 0 Å². The average Bonchev–Trinajstić information content (AvgIpc) is 2.65. The van der Waals surface area contributed by atoms with Crippen LogP contribution in [0.2, 0.25) is 0 Å². The van der Waals surface area contributed by atoms with E-state index < -0.39 is 0 Å². The van der Waals surface area contributed by atoms with Gasteiger partial charge in [-0.2, -0.15) is 0 Å². The summed E-state index contributed by atoms with van der Waals surface area (Å²) < 4.78 is 5.23. The highest BCUT2D eigenvalue weighted by atomic mass is 16.5. The Kier molecular flexibility index (Phi) is 2.56. The van der Waals surface area contributed by atoms with Crippen LogP contribution in [0.25, 0.3) is 11.3 Å². The number of rotatable bonds is 2. The van der Waals surface area contributed by atoms with Crippen molar-refractivity contribution in [3.8, 4) is 11.3 Å². The molecule has 78 valence electrons. The summed E-state index contributed by atoms with van der Waals surface area (Å²) in [5.74, 6) is 0.787. The third-order valence-corrected chi connectivity index (χ3v) is 2.49. The summed E-state index contributed by atoms with van der Waals surface area (Å²) in [6, 6.07) is 6.23. The monoisotopic (exact) mass is 202 g/mol. The number of nitrogens with two attached hydrogens (primary N) is 1. The summed E-state index contributed by atoms with van der Waals surface area (Å²) in [6.45, 7) is 4.58. The summed E-state index contributed by atoms with van der Waals surface area (Å²) in [5.41, 5.74) is 10.0. The van der Waals surface area contributed by atoms with Gasteiger partial charge in [-0.3, -0.25) is 0 Å². The summed E-state index contributed by atoms with van der Waals surface area (Å²) in [5, 5.41) is 3.78. The molecule has 0 fully saturated rings. The van der Waals surface area contributed by atoms with E-state index in [0.29, 0.717) is 6.54 Å². The predicted molar refractivity (Wildman–Crippen MR) is 59.3 cm³/mol. The zero-order chi connectivity index (χ0) is 10.8. The van der Waals surface area contributed by atoms with Gasteiger partial charge in [0.25, 0.3) is 0 Å². The van der Waals surface area contributed by atoms with E-state index >= 15 is 0 Å². The molecule has 0 aliphatic heterocycles. The summed E-state index contributed by atoms with van der Waals surface area (Å²) in [4.78, 5) is 0. The van der Waals surface area contributed by atoms with Crippen LogP contribution < -0.4 is 5.73 Å². The van der Waals surface area contributed by atoms with Crippen LogP contribution in [0.4, 0.5) is 0 Å². The van der Waals surface area contributed by atoms with Crippen molar-refractivity contribution in [3.05, 3.63) is 41.1 Å². The molecule has 0 aliphatic rings. The van der Waals surface area contributed by atoms with E-state index in [0.717, 1.165) is 16.9 Å². The second-order valence-electron chi connectivity index (χ2n) is 3.70. The normalized spacial score (nSPS) is 10.6. The second kappa shape index (κ2) is 3.87. The Balaban J connectivity index is 2.54. The molecule has 0 radical (unpaired) electrons. The minimum absolute atomic E-state index is 0.451. The van der Waals surface area contributed by atoms with E-state index in [-0.39, 0.29) is 0 Å². The van der Waals surface area contributed by atoms with Crippen molar-refractivity contribution in [1.29, 1.82) is 0 Å². The predicted octanol–water partition coefficient (Wildman–Crippen LogP) is 2.42. The van der Waals surface area contributed by atoms with Gasteiger partial charge in [0.15, 0.2) is 5.76 Å². The van der Waals surface area contributed by atoms with Gasteiger partial charge >= 0.3 is 0 Å². The number of aryl methyl sites for hydroxylation is 2. The first kappa shape index (κ1) is 9.93. The van der Waals surface area contributed by atoms with Crippen molar-refractivity contribution < 1.29 is 4.52 Å². The molecule has 0 amide bonds. The van der Waals surface area contributed by atoms with E-state index in [1.54, 1.807) is 6.20 Å². The van der Waals surface area contributed by atoms with Gasteiger partial charge in [-0.15, -0.1) is 0 Å². The second-order valence-corrected chi connectivity index (χ2v) is 3.70. The maximum absolute atomic E-state index is 5.61. The zero-order valence-electron chi connectivity index (χ0n) is 8.95. The molecule has 0 aliphatic carbocycles. The molecule has 1 heterocycles. The first-order chi connectivity index (χ1) is 7.22. The van der Waals surface area contributed by atoms with Crippen LogP contribution in [0.15, 0.2) is 28.9 Å². The van der Waals surface area contributed by atoms with E-state index in [1.165, 1.54) is 11.1 Å². The van der Waals surface area contributed by atoms with Crippen LogP contribution in [-0.2, 0) is 6.54 Å². The first-order valence-electron chi connectivity index (χ1n) is 4.93. The van der Waals surface area contributed by atoms with Crippen molar-refractivity contribution in [2.75, 3.05) is 0 Å². The van der Waals surface area contributed by atoms with Gasteiger partial charge in [-0.25, -0.2) is 0 Å². The molecule has 2 aromatic rings. The highest BCUT2D eigenvalue weighted by Gasteiger charge is 2.11. The number of hydrogen-bond acceptors (Lipinski definition) is 3. The zero-order valence-corrected chi connectivity index (χ0v) is 8.95. The molecular weight excluding hydrogens is 188 g/mol. The van der Waals surface area contributed by atoms with E-state index in [1.807, 2.05) is 6.07 Å². The fraction of sp³-hybridized carbons (Fsp3) is 0.250. The molecule has 2 N–H and O–H groups in total. The topological polar surface area (TPSA) is 52.0 Å². The van der Waals surface area contributed by atoms with Gasteiger partial charge in [0.2, 0.25) is 0 Å². The molecule has 0 saturated heterocycles. The quantitative estimate of drug-likeness (QED) is 0.813. The third kappa shape index (κ3) is 1.78. The lowest BCUT2D eigenvalue weighted by Gasteiger charge is -2.04. The van der Waals surface area contributed by atoms with Crippen molar-refractivity contribution in [1.82, 2.24) is 5.16 Å². The summed E-state index contributed by atoms with van der Waals surface area (Å²) >= 11 is 0. The van der Waals surface area contributed by atoms with Gasteiger partial charge in [0.05, 0.1) is 6.20 Å². The molecule has 3 heteroatoms. The van der Waals surface area contributed by atoms with Crippen LogP contribution in [-0.4, -0.2) is 5.16 Å². The largest absolute Gasteiger partial charge is 0.356 e. The van der Waals surface area contributed by atoms with E-state index in [2.05, 4.69) is 31.1 Å². The third-order valence-electron chi connectivity index (χ3n) is 2.49. The van der Waals surface area contributed by atoms with Crippen LogP contribution in [0.5, 0.6) is 0 Å². The highest BCUT2D eigenvalue weighted by molar-refractivity contribution is 5.65. The number of nitrogens with zero attached hydrogens (tertiary/aromatic N) is 1. The van der Waals surface area contributed by atoms with Crippen LogP contribution in [0.1, 0.15) is 16.7 Å². The first-order valence-corrected chi connectivity index (χ1v) is 4.93. The number of benzene rings is 1. The van der Waals surface area contributed by atoms with Crippen molar-refractivity contribution in [2.24, 2.45) is 5.73 Å².